The van der Waals surface area contributed by atoms with Crippen LogP contribution >= 0.6 is 15.9 Å². The number of methoxy groups -OCH3 is 1. The average molecular weight is 352 g/mol. The Bertz CT molecular complexity index is 566. The van der Waals surface area contributed by atoms with Gasteiger partial charge in [0, 0.05) is 17.6 Å². The Morgan fingerprint density at radius 1 is 1.32 bits per heavy atom. The molecular weight excluding hydrogens is 338 g/mol. The quantitative estimate of drug-likeness (QED) is 0.811. The van der Waals surface area contributed by atoms with Crippen molar-refractivity contribution in [3.05, 3.63) is 22.7 Å². The molecule has 0 aromatic heterocycles. The topological polar surface area (TPSA) is 87.1 Å². The summed E-state index contributed by atoms with van der Waals surface area (Å²) < 4.78 is 31.6. The Hall–Kier alpha value is -0.670. The van der Waals surface area contributed by atoms with E-state index in [1.54, 1.807) is 12.1 Å². The van der Waals surface area contributed by atoms with Gasteiger partial charge >= 0.3 is 0 Å². The van der Waals surface area contributed by atoms with Crippen molar-refractivity contribution in [3.8, 4) is 5.75 Å². The zero-order valence-electron chi connectivity index (χ0n) is 10.2. The summed E-state index contributed by atoms with van der Waals surface area (Å²) in [5.41, 5.74) is 0. The SMILES string of the molecule is COc1ccc(Br)cc1S(=O)(=O)N1CC(O)C(O)C1. The number of β-amino-alcohol motifs (C(OH)–C–C–N with tert-alkyl or cyclic N) is 2. The standard InChI is InChI=1S/C11H14BrNO5S/c1-18-10-3-2-7(12)4-11(10)19(16,17)13-5-8(14)9(15)6-13/h2-4,8-9,14-15H,5-6H2,1H3. The normalized spacial score (nSPS) is 24.6. The van der Waals surface area contributed by atoms with Crippen molar-refractivity contribution >= 4 is 26.0 Å². The van der Waals surface area contributed by atoms with Crippen LogP contribution in [0.25, 0.3) is 0 Å². The Kier molecular flexibility index (Phi) is 4.17. The first-order valence-corrected chi connectivity index (χ1v) is 7.79. The molecule has 1 aromatic carbocycles. The van der Waals surface area contributed by atoms with Crippen molar-refractivity contribution in [2.75, 3.05) is 20.2 Å². The monoisotopic (exact) mass is 351 g/mol. The summed E-state index contributed by atoms with van der Waals surface area (Å²) in [5.74, 6) is 0.221. The lowest BCUT2D eigenvalue weighted by atomic mass is 10.3. The first kappa shape index (κ1) is 14.7. The highest BCUT2D eigenvalue weighted by Crippen LogP contribution is 2.31. The fourth-order valence-electron chi connectivity index (χ4n) is 1.92. The van der Waals surface area contributed by atoms with Gasteiger partial charge in [0.25, 0.3) is 0 Å². The van der Waals surface area contributed by atoms with Gasteiger partial charge in [0.05, 0.1) is 19.3 Å². The van der Waals surface area contributed by atoms with E-state index in [9.17, 15) is 18.6 Å². The van der Waals surface area contributed by atoms with Crippen LogP contribution < -0.4 is 4.74 Å². The van der Waals surface area contributed by atoms with E-state index >= 15 is 0 Å². The van der Waals surface area contributed by atoms with E-state index in [1.807, 2.05) is 0 Å². The Morgan fingerprint density at radius 2 is 1.89 bits per heavy atom. The number of halogens is 1. The van der Waals surface area contributed by atoms with Gasteiger partial charge in [-0.3, -0.25) is 0 Å². The van der Waals surface area contributed by atoms with E-state index in [2.05, 4.69) is 15.9 Å². The van der Waals surface area contributed by atoms with Gasteiger partial charge in [0.1, 0.15) is 10.6 Å². The molecule has 1 saturated heterocycles. The van der Waals surface area contributed by atoms with Crippen molar-refractivity contribution in [2.24, 2.45) is 0 Å². The molecule has 1 aliphatic heterocycles. The van der Waals surface area contributed by atoms with E-state index < -0.39 is 22.2 Å². The molecule has 0 spiro atoms. The van der Waals surface area contributed by atoms with Gasteiger partial charge in [-0.2, -0.15) is 4.31 Å². The summed E-state index contributed by atoms with van der Waals surface area (Å²) in [6.07, 6.45) is -2.12. The molecule has 1 heterocycles. The zero-order valence-corrected chi connectivity index (χ0v) is 12.6. The molecule has 0 bridgehead atoms. The second-order valence-electron chi connectivity index (χ2n) is 4.25. The highest BCUT2D eigenvalue weighted by atomic mass is 79.9. The van der Waals surface area contributed by atoms with Crippen LogP contribution in [-0.4, -0.2) is 55.3 Å². The number of aliphatic hydroxyl groups excluding tert-OH is 2. The summed E-state index contributed by atoms with van der Waals surface area (Å²) in [4.78, 5) is 0.00525. The molecule has 8 heteroatoms. The van der Waals surface area contributed by atoms with Gasteiger partial charge in [0.2, 0.25) is 10.0 Å². The van der Waals surface area contributed by atoms with Crippen LogP contribution in [0.5, 0.6) is 5.75 Å². The fourth-order valence-corrected chi connectivity index (χ4v) is 4.09. The number of benzene rings is 1. The van der Waals surface area contributed by atoms with E-state index in [0.717, 1.165) is 4.31 Å². The highest BCUT2D eigenvalue weighted by molar-refractivity contribution is 9.10. The molecule has 0 saturated carbocycles. The molecule has 106 valence electrons. The molecule has 2 atom stereocenters. The third-order valence-electron chi connectivity index (χ3n) is 2.97. The van der Waals surface area contributed by atoms with Crippen LogP contribution in [0.1, 0.15) is 0 Å². The minimum absolute atomic E-state index is 0.00525. The molecule has 2 unspecified atom stereocenters. The summed E-state index contributed by atoms with van der Waals surface area (Å²) >= 11 is 3.21. The first-order chi connectivity index (χ1) is 8.86. The van der Waals surface area contributed by atoms with Crippen LogP contribution in [-0.2, 0) is 10.0 Å². The number of nitrogens with zero attached hydrogens (tertiary/aromatic N) is 1. The molecule has 0 amide bonds. The van der Waals surface area contributed by atoms with Crippen molar-refractivity contribution in [2.45, 2.75) is 17.1 Å². The first-order valence-electron chi connectivity index (χ1n) is 5.56. The Morgan fingerprint density at radius 3 is 2.42 bits per heavy atom. The Labute approximate surface area is 119 Å². The van der Waals surface area contributed by atoms with Gasteiger partial charge in [-0.15, -0.1) is 0 Å². The highest BCUT2D eigenvalue weighted by Gasteiger charge is 2.38. The molecule has 2 N–H and O–H groups in total. The molecule has 0 radical (unpaired) electrons. The zero-order chi connectivity index (χ0) is 14.2. The van der Waals surface area contributed by atoms with Crippen molar-refractivity contribution in [3.63, 3.8) is 0 Å². The number of sulfonamides is 1. The molecule has 2 rings (SSSR count). The van der Waals surface area contributed by atoms with Crippen molar-refractivity contribution in [1.29, 1.82) is 0 Å². The number of ether oxygens (including phenoxy) is 1. The molecule has 1 aliphatic rings. The number of hydrogen-bond acceptors (Lipinski definition) is 5. The number of rotatable bonds is 3. The summed E-state index contributed by atoms with van der Waals surface area (Å²) in [5, 5.41) is 18.9. The average Bonchev–Trinajstić information content (AvgIpc) is 2.70. The van der Waals surface area contributed by atoms with Crippen molar-refractivity contribution in [1.82, 2.24) is 4.31 Å². The molecule has 19 heavy (non-hydrogen) atoms. The minimum Gasteiger partial charge on any atom is -0.495 e. The van der Waals surface area contributed by atoms with Crippen LogP contribution in [0.2, 0.25) is 0 Å². The van der Waals surface area contributed by atoms with Crippen molar-refractivity contribution < 1.29 is 23.4 Å². The lowest BCUT2D eigenvalue weighted by Crippen LogP contribution is -2.30. The molecular formula is C11H14BrNO5S. The predicted molar refractivity (Wildman–Crippen MR) is 71.5 cm³/mol. The maximum Gasteiger partial charge on any atom is 0.246 e. The largest absolute Gasteiger partial charge is 0.495 e. The molecule has 1 aromatic rings. The van der Waals surface area contributed by atoms with Crippen LogP contribution in [0.3, 0.4) is 0 Å². The predicted octanol–water partition coefficient (Wildman–Crippen LogP) is 0.184. The van der Waals surface area contributed by atoms with Gasteiger partial charge in [-0.1, -0.05) is 15.9 Å². The lowest BCUT2D eigenvalue weighted by molar-refractivity contribution is 0.0572. The molecule has 1 fully saturated rings. The summed E-state index contributed by atoms with van der Waals surface area (Å²) in [7, 11) is -2.43. The third-order valence-corrected chi connectivity index (χ3v) is 5.32. The van der Waals surface area contributed by atoms with E-state index in [-0.39, 0.29) is 23.7 Å². The second kappa shape index (κ2) is 5.37. The number of aliphatic hydroxyl groups is 2. The third kappa shape index (κ3) is 2.77. The summed E-state index contributed by atoms with van der Waals surface area (Å²) in [6.45, 7) is -0.252. The van der Waals surface area contributed by atoms with Gasteiger partial charge in [0.15, 0.2) is 0 Å². The lowest BCUT2D eigenvalue weighted by Gasteiger charge is -2.17. The minimum atomic E-state index is -3.81. The van der Waals surface area contributed by atoms with E-state index in [4.69, 9.17) is 4.74 Å². The van der Waals surface area contributed by atoms with Gasteiger partial charge < -0.3 is 14.9 Å². The van der Waals surface area contributed by atoms with Crippen LogP contribution in [0.4, 0.5) is 0 Å². The molecule has 6 nitrogen and oxygen atoms in total. The van der Waals surface area contributed by atoms with Crippen LogP contribution in [0, 0.1) is 0 Å². The van der Waals surface area contributed by atoms with Gasteiger partial charge in [-0.25, -0.2) is 8.42 Å². The van der Waals surface area contributed by atoms with E-state index in [0.29, 0.717) is 4.47 Å². The fraction of sp³-hybridized carbons (Fsp3) is 0.455. The van der Waals surface area contributed by atoms with Crippen LogP contribution in [0.15, 0.2) is 27.6 Å². The second-order valence-corrected chi connectivity index (χ2v) is 7.07. The number of hydrogen-bond donors (Lipinski definition) is 2. The Balaban J connectivity index is 2.43. The maximum absolute atomic E-state index is 12.5. The van der Waals surface area contributed by atoms with Gasteiger partial charge in [-0.05, 0) is 18.2 Å². The maximum atomic E-state index is 12.5. The smallest absolute Gasteiger partial charge is 0.246 e. The van der Waals surface area contributed by atoms with E-state index in [1.165, 1.54) is 13.2 Å². The summed E-state index contributed by atoms with van der Waals surface area (Å²) in [6, 6.07) is 4.65. The molecule has 0 aliphatic carbocycles.